The van der Waals surface area contributed by atoms with Crippen LogP contribution in [0.1, 0.15) is 26.5 Å². The highest BCUT2D eigenvalue weighted by atomic mass is 16.5. The first-order valence-electron chi connectivity index (χ1n) is 8.02. The van der Waals surface area contributed by atoms with E-state index in [0.717, 1.165) is 11.3 Å². The van der Waals surface area contributed by atoms with Crippen molar-refractivity contribution >= 4 is 17.5 Å². The molecule has 3 aromatic rings. The fraction of sp³-hybridized carbons (Fsp3) is 0.100. The van der Waals surface area contributed by atoms with Crippen LogP contribution in [0.4, 0.5) is 5.69 Å². The molecular formula is C20H18N2O4. The molecule has 0 spiro atoms. The molecule has 2 amide bonds. The molecule has 1 aromatic heterocycles. The Labute approximate surface area is 150 Å². The van der Waals surface area contributed by atoms with Gasteiger partial charge in [0.1, 0.15) is 5.75 Å². The number of hydrogen-bond donors (Lipinski definition) is 2. The van der Waals surface area contributed by atoms with Gasteiger partial charge in [0.05, 0.1) is 13.4 Å². The van der Waals surface area contributed by atoms with Gasteiger partial charge in [-0.05, 0) is 54.1 Å². The summed E-state index contributed by atoms with van der Waals surface area (Å²) < 4.78 is 10.2. The Morgan fingerprint density at radius 3 is 2.50 bits per heavy atom. The number of carbonyl (C=O) groups excluding carboxylic acids is 2. The van der Waals surface area contributed by atoms with Gasteiger partial charge in [-0.3, -0.25) is 9.59 Å². The van der Waals surface area contributed by atoms with Gasteiger partial charge in [-0.25, -0.2) is 0 Å². The first kappa shape index (κ1) is 17.3. The molecule has 0 aliphatic carbocycles. The average molecular weight is 350 g/mol. The molecule has 0 aliphatic rings. The first-order valence-corrected chi connectivity index (χ1v) is 8.02. The van der Waals surface area contributed by atoms with Gasteiger partial charge in [0.15, 0.2) is 5.76 Å². The van der Waals surface area contributed by atoms with E-state index in [-0.39, 0.29) is 17.6 Å². The second kappa shape index (κ2) is 8.02. The summed E-state index contributed by atoms with van der Waals surface area (Å²) in [6.45, 7) is 0.396. The zero-order valence-electron chi connectivity index (χ0n) is 14.2. The molecule has 26 heavy (non-hydrogen) atoms. The Hall–Kier alpha value is -3.54. The van der Waals surface area contributed by atoms with Gasteiger partial charge in [-0.2, -0.15) is 0 Å². The normalized spacial score (nSPS) is 10.2. The van der Waals surface area contributed by atoms with Crippen LogP contribution >= 0.6 is 0 Å². The third-order valence-corrected chi connectivity index (χ3v) is 3.74. The zero-order chi connectivity index (χ0) is 18.4. The van der Waals surface area contributed by atoms with Crippen molar-refractivity contribution in [1.82, 2.24) is 5.32 Å². The molecule has 0 bridgehead atoms. The number of carbonyl (C=O) groups is 2. The van der Waals surface area contributed by atoms with E-state index < -0.39 is 0 Å². The molecule has 0 fully saturated rings. The highest BCUT2D eigenvalue weighted by molar-refractivity contribution is 6.02. The average Bonchev–Trinajstić information content (AvgIpc) is 3.22. The molecule has 6 nitrogen and oxygen atoms in total. The summed E-state index contributed by atoms with van der Waals surface area (Å²) in [5.74, 6) is 0.431. The molecule has 0 saturated heterocycles. The fourth-order valence-electron chi connectivity index (χ4n) is 2.37. The summed E-state index contributed by atoms with van der Waals surface area (Å²) in [7, 11) is 1.60. The van der Waals surface area contributed by atoms with Gasteiger partial charge in [0.2, 0.25) is 0 Å². The summed E-state index contributed by atoms with van der Waals surface area (Å²) in [4.78, 5) is 24.2. The Kier molecular flexibility index (Phi) is 5.34. The monoisotopic (exact) mass is 350 g/mol. The van der Waals surface area contributed by atoms with Crippen molar-refractivity contribution in [2.24, 2.45) is 0 Å². The highest BCUT2D eigenvalue weighted by Gasteiger charge is 2.10. The minimum absolute atomic E-state index is 0.197. The summed E-state index contributed by atoms with van der Waals surface area (Å²) in [6, 6.07) is 17.4. The second-order valence-electron chi connectivity index (χ2n) is 5.54. The second-order valence-corrected chi connectivity index (χ2v) is 5.54. The Morgan fingerprint density at radius 2 is 1.81 bits per heavy atom. The van der Waals surface area contributed by atoms with E-state index in [2.05, 4.69) is 10.6 Å². The number of rotatable bonds is 6. The molecule has 6 heteroatoms. The van der Waals surface area contributed by atoms with E-state index >= 15 is 0 Å². The number of anilines is 1. The lowest BCUT2D eigenvalue weighted by molar-refractivity contribution is 0.0950. The molecule has 2 aromatic carbocycles. The lowest BCUT2D eigenvalue weighted by Gasteiger charge is -2.08. The molecule has 0 saturated carbocycles. The van der Waals surface area contributed by atoms with Crippen LogP contribution in [-0.2, 0) is 6.54 Å². The number of ether oxygens (including phenoxy) is 1. The zero-order valence-corrected chi connectivity index (χ0v) is 14.2. The minimum Gasteiger partial charge on any atom is -0.497 e. The van der Waals surface area contributed by atoms with E-state index in [0.29, 0.717) is 17.8 Å². The van der Waals surface area contributed by atoms with Crippen LogP contribution in [0.3, 0.4) is 0 Å². The third kappa shape index (κ3) is 4.30. The van der Waals surface area contributed by atoms with E-state index in [9.17, 15) is 9.59 Å². The molecule has 0 atom stereocenters. The van der Waals surface area contributed by atoms with Crippen LogP contribution < -0.4 is 15.4 Å². The summed E-state index contributed by atoms with van der Waals surface area (Å²) >= 11 is 0. The maximum absolute atomic E-state index is 12.2. The standard InChI is InChI=1S/C20H18N2O4/c1-25-17-5-2-4-14(12-17)13-21-19(23)15-7-9-16(10-8-15)22-20(24)18-6-3-11-26-18/h2-12H,13H2,1H3,(H,21,23)(H,22,24). The van der Waals surface area contributed by atoms with Crippen molar-refractivity contribution < 1.29 is 18.7 Å². The van der Waals surface area contributed by atoms with Gasteiger partial charge >= 0.3 is 0 Å². The lowest BCUT2D eigenvalue weighted by atomic mass is 10.1. The number of nitrogens with one attached hydrogen (secondary N) is 2. The van der Waals surface area contributed by atoms with Gasteiger partial charge in [-0.1, -0.05) is 12.1 Å². The van der Waals surface area contributed by atoms with Crippen molar-refractivity contribution in [2.75, 3.05) is 12.4 Å². The van der Waals surface area contributed by atoms with E-state index in [1.165, 1.54) is 6.26 Å². The first-order chi connectivity index (χ1) is 12.7. The van der Waals surface area contributed by atoms with Gasteiger partial charge < -0.3 is 19.8 Å². The maximum Gasteiger partial charge on any atom is 0.291 e. The Morgan fingerprint density at radius 1 is 1.00 bits per heavy atom. The quantitative estimate of drug-likeness (QED) is 0.713. The largest absolute Gasteiger partial charge is 0.497 e. The van der Waals surface area contributed by atoms with Gasteiger partial charge in [0, 0.05) is 17.8 Å². The van der Waals surface area contributed by atoms with Crippen molar-refractivity contribution in [3.8, 4) is 5.75 Å². The van der Waals surface area contributed by atoms with Crippen LogP contribution in [0.5, 0.6) is 5.75 Å². The van der Waals surface area contributed by atoms with Crippen LogP contribution in [0.25, 0.3) is 0 Å². The summed E-state index contributed by atoms with van der Waals surface area (Å²) in [6.07, 6.45) is 1.44. The lowest BCUT2D eigenvalue weighted by Crippen LogP contribution is -2.22. The molecule has 0 radical (unpaired) electrons. The number of hydrogen-bond acceptors (Lipinski definition) is 4. The summed E-state index contributed by atoms with van der Waals surface area (Å²) in [5.41, 5.74) is 2.03. The smallest absolute Gasteiger partial charge is 0.291 e. The minimum atomic E-state index is -0.342. The van der Waals surface area contributed by atoms with Gasteiger partial charge in [-0.15, -0.1) is 0 Å². The highest BCUT2D eigenvalue weighted by Crippen LogP contribution is 2.14. The molecule has 132 valence electrons. The Bertz CT molecular complexity index is 886. The van der Waals surface area contributed by atoms with Gasteiger partial charge in [0.25, 0.3) is 11.8 Å². The topological polar surface area (TPSA) is 80.6 Å². The van der Waals surface area contributed by atoms with E-state index in [1.54, 1.807) is 43.5 Å². The van der Waals surface area contributed by atoms with E-state index in [1.807, 2.05) is 24.3 Å². The third-order valence-electron chi connectivity index (χ3n) is 3.74. The van der Waals surface area contributed by atoms with Crippen molar-refractivity contribution in [2.45, 2.75) is 6.54 Å². The van der Waals surface area contributed by atoms with Crippen LogP contribution in [0.2, 0.25) is 0 Å². The van der Waals surface area contributed by atoms with Crippen LogP contribution in [-0.4, -0.2) is 18.9 Å². The molecule has 0 aliphatic heterocycles. The molecule has 2 N–H and O–H groups in total. The molecule has 0 unspecified atom stereocenters. The van der Waals surface area contributed by atoms with Crippen molar-refractivity contribution in [3.63, 3.8) is 0 Å². The molecule has 1 heterocycles. The summed E-state index contributed by atoms with van der Waals surface area (Å²) in [5, 5.41) is 5.56. The van der Waals surface area contributed by atoms with E-state index in [4.69, 9.17) is 9.15 Å². The number of benzene rings is 2. The number of methoxy groups -OCH3 is 1. The fourth-order valence-corrected chi connectivity index (χ4v) is 2.37. The Balaban J connectivity index is 1.57. The SMILES string of the molecule is COc1cccc(CNC(=O)c2ccc(NC(=O)c3ccco3)cc2)c1. The van der Waals surface area contributed by atoms with Crippen LogP contribution in [0.15, 0.2) is 71.3 Å². The number of amides is 2. The van der Waals surface area contributed by atoms with Crippen LogP contribution in [0, 0.1) is 0 Å². The number of furan rings is 1. The molecule has 3 rings (SSSR count). The predicted molar refractivity (Wildman–Crippen MR) is 97.3 cm³/mol. The van der Waals surface area contributed by atoms with Crippen molar-refractivity contribution in [1.29, 1.82) is 0 Å². The predicted octanol–water partition coefficient (Wildman–Crippen LogP) is 3.47. The molecular weight excluding hydrogens is 332 g/mol. The maximum atomic E-state index is 12.2. The van der Waals surface area contributed by atoms with Crippen molar-refractivity contribution in [3.05, 3.63) is 83.8 Å².